The first kappa shape index (κ1) is 38.9. The van der Waals surface area contributed by atoms with Crippen LogP contribution in [0, 0.1) is 29.4 Å². The fourth-order valence-corrected chi connectivity index (χ4v) is 7.38. The van der Waals surface area contributed by atoms with Gasteiger partial charge < -0.3 is 34.7 Å². The molecule has 13 nitrogen and oxygen atoms in total. The molecule has 15 heteroatoms. The number of hydrogen-bond acceptors (Lipinski definition) is 9. The number of carbonyl (C=O) groups is 4. The summed E-state index contributed by atoms with van der Waals surface area (Å²) in [4.78, 5) is 58.8. The van der Waals surface area contributed by atoms with Crippen LogP contribution >= 0.6 is 0 Å². The molecule has 4 heterocycles. The maximum absolute atomic E-state index is 15.2. The molecular weight excluding hydrogens is 702 g/mol. The van der Waals surface area contributed by atoms with Crippen molar-refractivity contribution in [2.24, 2.45) is 17.8 Å². The number of aliphatic hydroxyl groups excluding tert-OH is 1. The zero-order chi connectivity index (χ0) is 38.2. The van der Waals surface area contributed by atoms with Crippen molar-refractivity contribution in [3.63, 3.8) is 0 Å². The molecule has 288 valence electrons. The second kappa shape index (κ2) is 18.0. The molecule has 3 aliphatic rings. The summed E-state index contributed by atoms with van der Waals surface area (Å²) < 4.78 is 42.7. The maximum atomic E-state index is 15.2. The minimum absolute atomic E-state index is 0.0158. The number of ether oxygens (including phenoxy) is 2. The quantitative estimate of drug-likeness (QED) is 0.148. The normalized spacial score (nSPS) is 20.0. The highest BCUT2D eigenvalue weighted by molar-refractivity contribution is 6.12. The van der Waals surface area contributed by atoms with Crippen LogP contribution in [-0.4, -0.2) is 113 Å². The number of aliphatic hydroxyl groups is 1. The maximum Gasteiger partial charge on any atom is 0.253 e. The van der Waals surface area contributed by atoms with E-state index in [1.165, 1.54) is 19.1 Å². The lowest BCUT2D eigenvalue weighted by atomic mass is 9.87. The number of nitrogens with one attached hydrogen (secondary N) is 2. The number of nitrogens with zero attached hydrogens (tertiary/aromatic N) is 4. The lowest BCUT2D eigenvalue weighted by molar-refractivity contribution is -0.146. The summed E-state index contributed by atoms with van der Waals surface area (Å²) >= 11 is 0. The van der Waals surface area contributed by atoms with Crippen molar-refractivity contribution in [2.75, 3.05) is 59.2 Å². The zero-order valence-electron chi connectivity index (χ0n) is 30.2. The highest BCUT2D eigenvalue weighted by atomic mass is 19.1. The summed E-state index contributed by atoms with van der Waals surface area (Å²) in [5, 5.41) is 17.0. The van der Waals surface area contributed by atoms with E-state index < -0.39 is 35.6 Å². The Hall–Kier alpha value is -4.83. The summed E-state index contributed by atoms with van der Waals surface area (Å²) in [6.07, 6.45) is 3.89. The number of halogens is 2. The molecule has 3 aliphatic heterocycles. The van der Waals surface area contributed by atoms with Gasteiger partial charge in [-0.3, -0.25) is 24.1 Å². The van der Waals surface area contributed by atoms with Crippen molar-refractivity contribution in [1.82, 2.24) is 30.0 Å². The second-order valence-electron chi connectivity index (χ2n) is 13.9. The third-order valence-corrected chi connectivity index (χ3v) is 10.2. The van der Waals surface area contributed by atoms with E-state index in [2.05, 4.69) is 10.6 Å². The van der Waals surface area contributed by atoms with Gasteiger partial charge in [-0.05, 0) is 49.4 Å². The number of imide groups is 1. The molecule has 0 aliphatic carbocycles. The lowest BCUT2D eigenvalue weighted by Gasteiger charge is -2.40. The third-order valence-electron chi connectivity index (χ3n) is 10.2. The Kier molecular flexibility index (Phi) is 13.0. The Labute approximate surface area is 312 Å². The number of hydrogen-bond donors (Lipinski definition) is 3. The molecule has 0 radical (unpaired) electrons. The number of amides is 4. The molecular formula is C39H46F2N6O7. The van der Waals surface area contributed by atoms with E-state index in [0.717, 1.165) is 28.7 Å². The molecule has 6 rings (SSSR count). The summed E-state index contributed by atoms with van der Waals surface area (Å²) in [5.74, 6) is -3.37. The molecule has 0 saturated carbocycles. The molecule has 1 aromatic heterocycles. The lowest BCUT2D eigenvalue weighted by Crippen LogP contribution is -2.49. The van der Waals surface area contributed by atoms with E-state index in [1.807, 2.05) is 34.9 Å². The van der Waals surface area contributed by atoms with Gasteiger partial charge in [0, 0.05) is 75.8 Å². The minimum atomic E-state index is -1.37. The Morgan fingerprint density at radius 3 is 2.54 bits per heavy atom. The van der Waals surface area contributed by atoms with Crippen LogP contribution < -0.4 is 10.6 Å². The van der Waals surface area contributed by atoms with Crippen LogP contribution in [0.3, 0.4) is 0 Å². The first-order valence-electron chi connectivity index (χ1n) is 18.3. The van der Waals surface area contributed by atoms with Crippen molar-refractivity contribution in [3.8, 4) is 11.3 Å². The molecule has 4 atom stereocenters. The highest BCUT2D eigenvalue weighted by Gasteiger charge is 2.42. The van der Waals surface area contributed by atoms with Crippen LogP contribution in [0.2, 0.25) is 0 Å². The molecule has 0 bridgehead atoms. The molecule has 2 aromatic carbocycles. The van der Waals surface area contributed by atoms with E-state index in [0.29, 0.717) is 51.5 Å². The summed E-state index contributed by atoms with van der Waals surface area (Å²) in [6.45, 7) is 4.13. The minimum Gasteiger partial charge on any atom is -0.384 e. The van der Waals surface area contributed by atoms with Gasteiger partial charge in [0.25, 0.3) is 17.7 Å². The van der Waals surface area contributed by atoms with Gasteiger partial charge in [0.05, 0.1) is 37.4 Å². The van der Waals surface area contributed by atoms with Crippen molar-refractivity contribution >= 4 is 23.6 Å². The first-order valence-corrected chi connectivity index (χ1v) is 18.3. The largest absolute Gasteiger partial charge is 0.384 e. The molecule has 2 saturated heterocycles. The van der Waals surface area contributed by atoms with Gasteiger partial charge in [-0.2, -0.15) is 0 Å². The van der Waals surface area contributed by atoms with Crippen LogP contribution in [0.4, 0.5) is 8.78 Å². The number of aromatic nitrogens is 2. The van der Waals surface area contributed by atoms with Crippen molar-refractivity contribution in [3.05, 3.63) is 89.9 Å². The Bertz CT molecular complexity index is 1810. The smallest absolute Gasteiger partial charge is 0.253 e. The third kappa shape index (κ3) is 9.27. The van der Waals surface area contributed by atoms with Crippen LogP contribution in [-0.2, 0) is 35.2 Å². The predicted octanol–water partition coefficient (Wildman–Crippen LogP) is 2.45. The summed E-state index contributed by atoms with van der Waals surface area (Å²) in [7, 11) is 0. The average molecular weight is 749 g/mol. The summed E-state index contributed by atoms with van der Waals surface area (Å²) in [6, 6.07) is 12.1. The summed E-state index contributed by atoms with van der Waals surface area (Å²) in [5.41, 5.74) is 1.12. The Balaban J connectivity index is 1.25. The number of carbonyl (C=O) groups excluding carboxylic acids is 4. The van der Waals surface area contributed by atoms with Gasteiger partial charge in [-0.25, -0.2) is 13.8 Å². The molecule has 0 unspecified atom stereocenters. The zero-order valence-corrected chi connectivity index (χ0v) is 30.2. The average Bonchev–Trinajstić information content (AvgIpc) is 3.89. The fraction of sp³-hybridized carbons (Fsp3) is 0.462. The molecule has 0 spiro atoms. The predicted molar refractivity (Wildman–Crippen MR) is 192 cm³/mol. The number of imidazole rings is 1. The van der Waals surface area contributed by atoms with Crippen LogP contribution in [0.5, 0.6) is 0 Å². The van der Waals surface area contributed by atoms with E-state index in [4.69, 9.17) is 14.5 Å². The number of benzene rings is 2. The standard InChI is InChI=1S/C39H46F2N6O7/c1-25(48)39(52)47(23-28-20-42-21-31(28)38(51)43-13-17-54-18-14-46-34(49)9-10-35(46)50)36(27-11-15-53-16-12-27)37-44-33(30-19-29(40)7-8-32(30)41)24-45(37)22-26-5-3-2-4-6-26/h2-10,19,24-25,27-28,31,36,42,48H,11-18,20-23H2,1H3,(H,43,51)/t25-,28-,31+,36+/m0/s1. The number of rotatable bonds is 16. The highest BCUT2D eigenvalue weighted by Crippen LogP contribution is 2.38. The van der Waals surface area contributed by atoms with Gasteiger partial charge >= 0.3 is 0 Å². The van der Waals surface area contributed by atoms with Gasteiger partial charge in [0.2, 0.25) is 5.91 Å². The molecule has 54 heavy (non-hydrogen) atoms. The Morgan fingerprint density at radius 2 is 1.81 bits per heavy atom. The van der Waals surface area contributed by atoms with Crippen LogP contribution in [0.15, 0.2) is 66.9 Å². The van der Waals surface area contributed by atoms with Gasteiger partial charge in [0.15, 0.2) is 0 Å². The van der Waals surface area contributed by atoms with Crippen molar-refractivity contribution < 1.29 is 42.5 Å². The van der Waals surface area contributed by atoms with Crippen molar-refractivity contribution in [2.45, 2.75) is 38.5 Å². The van der Waals surface area contributed by atoms with E-state index in [1.54, 1.807) is 11.1 Å². The van der Waals surface area contributed by atoms with Gasteiger partial charge in [-0.1, -0.05) is 30.3 Å². The monoisotopic (exact) mass is 748 g/mol. The van der Waals surface area contributed by atoms with Crippen LogP contribution in [0.1, 0.15) is 37.2 Å². The second-order valence-corrected chi connectivity index (χ2v) is 13.9. The first-order chi connectivity index (χ1) is 26.1. The fourth-order valence-electron chi connectivity index (χ4n) is 7.38. The van der Waals surface area contributed by atoms with E-state index >= 15 is 4.39 Å². The Morgan fingerprint density at radius 1 is 1.07 bits per heavy atom. The van der Waals surface area contributed by atoms with E-state index in [9.17, 15) is 28.7 Å². The molecule has 3 N–H and O–H groups in total. The topological polar surface area (TPSA) is 155 Å². The van der Waals surface area contributed by atoms with Gasteiger partial charge in [-0.15, -0.1) is 0 Å². The molecule has 3 aromatic rings. The van der Waals surface area contributed by atoms with Gasteiger partial charge in [0.1, 0.15) is 23.6 Å². The van der Waals surface area contributed by atoms with E-state index in [-0.39, 0.29) is 73.7 Å². The molecule has 2 fully saturated rings. The SMILES string of the molecule is C[C@H](O)C(=O)N(C[C@@H]1CNC[C@H]1C(=O)NCCOCCN1C(=O)C=CC1=O)[C@@H](c1nc(-c2cc(F)ccc2F)cn1Cc1ccccc1)C1CCOCC1. The van der Waals surface area contributed by atoms with Crippen molar-refractivity contribution in [1.29, 1.82) is 0 Å². The molecule has 4 amide bonds. The van der Waals surface area contributed by atoms with Crippen LogP contribution in [0.25, 0.3) is 11.3 Å².